The first-order valence-corrected chi connectivity index (χ1v) is 10.7. The zero-order valence-electron chi connectivity index (χ0n) is 17.0. The first-order valence-electron chi connectivity index (χ1n) is 10.3. The summed E-state index contributed by atoms with van der Waals surface area (Å²) in [6.07, 6.45) is 3.70. The average Bonchev–Trinajstić information content (AvgIpc) is 2.81. The summed E-state index contributed by atoms with van der Waals surface area (Å²) in [5, 5.41) is 4.86. The van der Waals surface area contributed by atoms with E-state index in [1.807, 2.05) is 12.1 Å². The lowest BCUT2D eigenvalue weighted by molar-refractivity contribution is 0.0955. The molecule has 0 aliphatic carbocycles. The van der Waals surface area contributed by atoms with E-state index in [4.69, 9.17) is 11.6 Å². The third-order valence-electron chi connectivity index (χ3n) is 5.34. The first kappa shape index (κ1) is 21.1. The fourth-order valence-electron chi connectivity index (χ4n) is 3.69. The topological polar surface area (TPSA) is 44.7 Å². The lowest BCUT2D eigenvalue weighted by Crippen LogP contribution is -2.29. The SMILES string of the molecule is O=C(N/N=C(\c1ccc(F)cc1)c1ccc(N2CCCCC2)cc1)c1cccc(Cl)c1. The van der Waals surface area contributed by atoms with Crippen LogP contribution in [0.2, 0.25) is 5.02 Å². The molecule has 0 radical (unpaired) electrons. The third kappa shape index (κ3) is 5.30. The maximum Gasteiger partial charge on any atom is 0.271 e. The maximum atomic E-state index is 13.5. The van der Waals surface area contributed by atoms with Gasteiger partial charge in [0.2, 0.25) is 0 Å². The van der Waals surface area contributed by atoms with E-state index < -0.39 is 0 Å². The van der Waals surface area contributed by atoms with Crippen LogP contribution in [0.25, 0.3) is 0 Å². The molecule has 3 aromatic rings. The van der Waals surface area contributed by atoms with Crippen molar-refractivity contribution in [1.82, 2.24) is 5.43 Å². The lowest BCUT2D eigenvalue weighted by Gasteiger charge is -2.28. The quantitative estimate of drug-likeness (QED) is 0.415. The molecular formula is C25H23ClFN3O. The molecule has 4 nitrogen and oxygen atoms in total. The first-order chi connectivity index (χ1) is 15.1. The van der Waals surface area contributed by atoms with Crippen molar-refractivity contribution in [2.45, 2.75) is 19.3 Å². The number of carbonyl (C=O) groups excluding carboxylic acids is 1. The Morgan fingerprint density at radius 1 is 0.871 bits per heavy atom. The second-order valence-electron chi connectivity index (χ2n) is 7.51. The molecule has 1 amide bonds. The normalized spacial score (nSPS) is 14.4. The highest BCUT2D eigenvalue weighted by Crippen LogP contribution is 2.22. The van der Waals surface area contributed by atoms with Gasteiger partial charge in [0.1, 0.15) is 5.82 Å². The number of nitrogens with one attached hydrogen (secondary N) is 1. The fourth-order valence-corrected chi connectivity index (χ4v) is 3.88. The Morgan fingerprint density at radius 3 is 2.16 bits per heavy atom. The minimum absolute atomic E-state index is 0.327. The standard InChI is InChI=1S/C25H23ClFN3O/c26-21-6-4-5-20(17-21)25(31)29-28-24(18-7-11-22(27)12-8-18)19-9-13-23(14-10-19)30-15-2-1-3-16-30/h4-14,17H,1-3,15-16H2,(H,29,31)/b28-24+. The molecule has 0 bridgehead atoms. The van der Waals surface area contributed by atoms with Crippen LogP contribution in [0.3, 0.4) is 0 Å². The van der Waals surface area contributed by atoms with Crippen LogP contribution in [-0.2, 0) is 0 Å². The molecule has 158 valence electrons. The van der Waals surface area contributed by atoms with Crippen LogP contribution < -0.4 is 10.3 Å². The number of piperidine rings is 1. The van der Waals surface area contributed by atoms with Gasteiger partial charge >= 0.3 is 0 Å². The van der Waals surface area contributed by atoms with E-state index in [2.05, 4.69) is 27.6 Å². The molecule has 6 heteroatoms. The summed E-state index contributed by atoms with van der Waals surface area (Å²) < 4.78 is 13.5. The summed E-state index contributed by atoms with van der Waals surface area (Å²) >= 11 is 5.98. The van der Waals surface area contributed by atoms with Gasteiger partial charge in [-0.2, -0.15) is 5.10 Å². The third-order valence-corrected chi connectivity index (χ3v) is 5.57. The molecular weight excluding hydrogens is 413 g/mol. The van der Waals surface area contributed by atoms with Crippen molar-refractivity contribution in [2.75, 3.05) is 18.0 Å². The van der Waals surface area contributed by atoms with E-state index in [1.54, 1.807) is 36.4 Å². The number of hydrazone groups is 1. The van der Waals surface area contributed by atoms with Gasteiger partial charge in [-0.3, -0.25) is 4.79 Å². The highest BCUT2D eigenvalue weighted by atomic mass is 35.5. The van der Waals surface area contributed by atoms with Crippen LogP contribution in [0.4, 0.5) is 10.1 Å². The van der Waals surface area contributed by atoms with Crippen molar-refractivity contribution in [2.24, 2.45) is 5.10 Å². The van der Waals surface area contributed by atoms with Crippen LogP contribution in [0.1, 0.15) is 40.7 Å². The second kappa shape index (κ2) is 9.75. The van der Waals surface area contributed by atoms with Gasteiger partial charge < -0.3 is 4.90 Å². The summed E-state index contributed by atoms with van der Waals surface area (Å²) in [4.78, 5) is 14.9. The highest BCUT2D eigenvalue weighted by Gasteiger charge is 2.13. The van der Waals surface area contributed by atoms with Crippen LogP contribution in [0, 0.1) is 5.82 Å². The number of carbonyl (C=O) groups is 1. The number of amides is 1. The maximum absolute atomic E-state index is 13.5. The number of anilines is 1. The van der Waals surface area contributed by atoms with Gasteiger partial charge in [-0.15, -0.1) is 0 Å². The van der Waals surface area contributed by atoms with Crippen molar-refractivity contribution >= 4 is 28.9 Å². The summed E-state index contributed by atoms with van der Waals surface area (Å²) in [5.41, 5.74) is 6.28. The number of halogens is 2. The van der Waals surface area contributed by atoms with Crippen LogP contribution in [0.15, 0.2) is 77.9 Å². The van der Waals surface area contributed by atoms with E-state index in [-0.39, 0.29) is 11.7 Å². The Hall–Kier alpha value is -3.18. The molecule has 0 spiro atoms. The Labute approximate surface area is 186 Å². The van der Waals surface area contributed by atoms with Crippen molar-refractivity contribution in [1.29, 1.82) is 0 Å². The summed E-state index contributed by atoms with van der Waals surface area (Å²) in [5.74, 6) is -0.696. The van der Waals surface area contributed by atoms with E-state index in [0.29, 0.717) is 21.9 Å². The summed E-state index contributed by atoms with van der Waals surface area (Å²) in [7, 11) is 0. The molecule has 1 heterocycles. The molecule has 0 aromatic heterocycles. The Balaban J connectivity index is 1.62. The van der Waals surface area contributed by atoms with Gasteiger partial charge in [0.05, 0.1) is 5.71 Å². The molecule has 1 N–H and O–H groups in total. The summed E-state index contributed by atoms with van der Waals surface area (Å²) in [6.45, 7) is 2.13. The van der Waals surface area contributed by atoms with Gasteiger partial charge in [-0.25, -0.2) is 9.82 Å². The average molecular weight is 436 g/mol. The molecule has 1 aliphatic heterocycles. The highest BCUT2D eigenvalue weighted by molar-refractivity contribution is 6.31. The van der Waals surface area contributed by atoms with Crippen LogP contribution in [-0.4, -0.2) is 24.7 Å². The molecule has 31 heavy (non-hydrogen) atoms. The van der Waals surface area contributed by atoms with Gasteiger partial charge in [-0.05, 0) is 73.9 Å². The molecule has 0 atom stereocenters. The zero-order chi connectivity index (χ0) is 21.6. The van der Waals surface area contributed by atoms with E-state index in [9.17, 15) is 9.18 Å². The predicted octanol–water partition coefficient (Wildman–Crippen LogP) is 5.65. The molecule has 4 rings (SSSR count). The Bertz CT molecular complexity index is 1070. The fraction of sp³-hybridized carbons (Fsp3) is 0.200. The number of hydrogen-bond acceptors (Lipinski definition) is 3. The molecule has 3 aromatic carbocycles. The van der Waals surface area contributed by atoms with Crippen LogP contribution in [0.5, 0.6) is 0 Å². The number of nitrogens with zero attached hydrogens (tertiary/aromatic N) is 2. The smallest absolute Gasteiger partial charge is 0.271 e. The monoisotopic (exact) mass is 435 g/mol. The minimum atomic E-state index is -0.368. The molecule has 0 unspecified atom stereocenters. The Kier molecular flexibility index (Phi) is 6.63. The minimum Gasteiger partial charge on any atom is -0.372 e. The van der Waals surface area contributed by atoms with Crippen molar-refractivity contribution in [3.8, 4) is 0 Å². The van der Waals surface area contributed by atoms with Crippen molar-refractivity contribution in [3.05, 3.63) is 100 Å². The van der Waals surface area contributed by atoms with Gasteiger partial charge in [0, 0.05) is 40.5 Å². The Morgan fingerprint density at radius 2 is 1.52 bits per heavy atom. The number of rotatable bonds is 5. The van der Waals surface area contributed by atoms with Crippen LogP contribution >= 0.6 is 11.6 Å². The van der Waals surface area contributed by atoms with Crippen molar-refractivity contribution < 1.29 is 9.18 Å². The van der Waals surface area contributed by atoms with E-state index in [0.717, 1.165) is 18.7 Å². The zero-order valence-corrected chi connectivity index (χ0v) is 17.8. The molecule has 1 fully saturated rings. The van der Waals surface area contributed by atoms with Crippen molar-refractivity contribution in [3.63, 3.8) is 0 Å². The lowest BCUT2D eigenvalue weighted by atomic mass is 10.0. The summed E-state index contributed by atoms with van der Waals surface area (Å²) in [6, 6.07) is 20.8. The molecule has 1 aliphatic rings. The van der Waals surface area contributed by atoms with Gasteiger partial charge in [0.15, 0.2) is 0 Å². The van der Waals surface area contributed by atoms with E-state index >= 15 is 0 Å². The number of hydrogen-bond donors (Lipinski definition) is 1. The predicted molar refractivity (Wildman–Crippen MR) is 123 cm³/mol. The van der Waals surface area contributed by atoms with E-state index in [1.165, 1.54) is 37.1 Å². The largest absolute Gasteiger partial charge is 0.372 e. The molecule has 0 saturated carbocycles. The second-order valence-corrected chi connectivity index (χ2v) is 7.95. The van der Waals surface area contributed by atoms with Gasteiger partial charge in [0.25, 0.3) is 5.91 Å². The number of benzene rings is 3. The van der Waals surface area contributed by atoms with Gasteiger partial charge in [-0.1, -0.05) is 29.8 Å². The molecule has 1 saturated heterocycles.